The third kappa shape index (κ3) is 4.98. The lowest BCUT2D eigenvalue weighted by Gasteiger charge is -2.36. The Bertz CT molecular complexity index is 204. The molecule has 1 heterocycles. The minimum atomic E-state index is -1.50. The van der Waals surface area contributed by atoms with E-state index in [1.54, 1.807) is 0 Å². The van der Waals surface area contributed by atoms with Gasteiger partial charge in [0.2, 0.25) is 0 Å². The standard InChI is InChI=1S/C13H28O2Si/c1-13(2,3)16(4,5)15-10-8-6-7-9-12-11-14-12/h12H,6-11H2,1-5H3/t12-/m1/s1. The summed E-state index contributed by atoms with van der Waals surface area (Å²) in [5.41, 5.74) is 0. The third-order valence-corrected chi connectivity index (χ3v) is 8.38. The Morgan fingerprint density at radius 3 is 2.31 bits per heavy atom. The average molecular weight is 244 g/mol. The van der Waals surface area contributed by atoms with Crippen LogP contribution in [-0.2, 0) is 9.16 Å². The molecule has 0 N–H and O–H groups in total. The Morgan fingerprint density at radius 2 is 1.81 bits per heavy atom. The molecule has 0 aromatic carbocycles. The minimum absolute atomic E-state index is 0.342. The third-order valence-electron chi connectivity index (χ3n) is 3.84. The Hall–Kier alpha value is 0.137. The summed E-state index contributed by atoms with van der Waals surface area (Å²) in [5.74, 6) is 0. The molecule has 0 aliphatic carbocycles. The van der Waals surface area contributed by atoms with Crippen LogP contribution in [0.5, 0.6) is 0 Å². The molecule has 0 unspecified atom stereocenters. The van der Waals surface area contributed by atoms with E-state index in [2.05, 4.69) is 33.9 Å². The first-order chi connectivity index (χ1) is 7.33. The van der Waals surface area contributed by atoms with E-state index in [4.69, 9.17) is 9.16 Å². The molecular formula is C13H28O2Si. The maximum Gasteiger partial charge on any atom is 0.191 e. The summed E-state index contributed by atoms with van der Waals surface area (Å²) in [6, 6.07) is 0. The topological polar surface area (TPSA) is 21.8 Å². The van der Waals surface area contributed by atoms with Gasteiger partial charge in [0, 0.05) is 6.61 Å². The number of rotatable bonds is 7. The van der Waals surface area contributed by atoms with Crippen LogP contribution < -0.4 is 0 Å². The van der Waals surface area contributed by atoms with Gasteiger partial charge in [0.15, 0.2) is 8.32 Å². The molecule has 1 atom stereocenters. The lowest BCUT2D eigenvalue weighted by molar-refractivity contribution is 0.276. The second kappa shape index (κ2) is 5.65. The van der Waals surface area contributed by atoms with Crippen LogP contribution >= 0.6 is 0 Å². The van der Waals surface area contributed by atoms with Crippen LogP contribution in [0.4, 0.5) is 0 Å². The molecule has 1 aliphatic rings. The van der Waals surface area contributed by atoms with Crippen LogP contribution in [-0.4, -0.2) is 27.6 Å². The Balaban J connectivity index is 2.00. The molecule has 0 amide bonds. The van der Waals surface area contributed by atoms with Crippen molar-refractivity contribution in [2.45, 2.75) is 70.7 Å². The van der Waals surface area contributed by atoms with Gasteiger partial charge in [-0.2, -0.15) is 0 Å². The van der Waals surface area contributed by atoms with Gasteiger partial charge in [-0.25, -0.2) is 0 Å². The molecule has 16 heavy (non-hydrogen) atoms. The lowest BCUT2D eigenvalue weighted by atomic mass is 10.2. The molecule has 0 spiro atoms. The summed E-state index contributed by atoms with van der Waals surface area (Å²) < 4.78 is 11.3. The van der Waals surface area contributed by atoms with E-state index in [1.807, 2.05) is 0 Å². The normalized spacial score (nSPS) is 21.2. The van der Waals surface area contributed by atoms with Crippen molar-refractivity contribution < 1.29 is 9.16 Å². The van der Waals surface area contributed by atoms with E-state index in [0.717, 1.165) is 13.2 Å². The maximum atomic E-state index is 6.12. The Kier molecular flexibility index (Phi) is 5.01. The average Bonchev–Trinajstić information content (AvgIpc) is 2.92. The van der Waals surface area contributed by atoms with E-state index >= 15 is 0 Å². The second-order valence-electron chi connectivity index (χ2n) is 6.41. The minimum Gasteiger partial charge on any atom is -0.417 e. The lowest BCUT2D eigenvalue weighted by Crippen LogP contribution is -2.40. The highest BCUT2D eigenvalue weighted by molar-refractivity contribution is 6.74. The first-order valence-corrected chi connectivity index (χ1v) is 9.49. The molecule has 0 radical (unpaired) electrons. The maximum absolute atomic E-state index is 6.12. The summed E-state index contributed by atoms with van der Waals surface area (Å²) in [4.78, 5) is 0. The SMILES string of the molecule is CC(C)(C)[Si](C)(C)OCCCCC[C@@H]1CO1. The predicted molar refractivity (Wildman–Crippen MR) is 71.4 cm³/mol. The first kappa shape index (κ1) is 14.2. The molecule has 0 aromatic rings. The van der Waals surface area contributed by atoms with Crippen molar-refractivity contribution in [1.29, 1.82) is 0 Å². The first-order valence-electron chi connectivity index (χ1n) is 6.58. The summed E-state index contributed by atoms with van der Waals surface area (Å²) in [6.07, 6.45) is 5.64. The van der Waals surface area contributed by atoms with Gasteiger partial charge in [0.1, 0.15) is 0 Å². The van der Waals surface area contributed by atoms with Gasteiger partial charge < -0.3 is 9.16 Å². The van der Waals surface area contributed by atoms with Crippen molar-refractivity contribution in [3.05, 3.63) is 0 Å². The van der Waals surface area contributed by atoms with Crippen LogP contribution in [0.15, 0.2) is 0 Å². The van der Waals surface area contributed by atoms with Crippen LogP contribution in [0.2, 0.25) is 18.1 Å². The van der Waals surface area contributed by atoms with Crippen LogP contribution in [0.3, 0.4) is 0 Å². The fourth-order valence-corrected chi connectivity index (χ4v) is 2.52. The summed E-state index contributed by atoms with van der Waals surface area (Å²) in [5, 5.41) is 0.342. The monoisotopic (exact) mass is 244 g/mol. The molecule has 1 fully saturated rings. The van der Waals surface area contributed by atoms with Crippen molar-refractivity contribution in [2.24, 2.45) is 0 Å². The highest BCUT2D eigenvalue weighted by atomic mass is 28.4. The van der Waals surface area contributed by atoms with Crippen molar-refractivity contribution in [3.63, 3.8) is 0 Å². The second-order valence-corrected chi connectivity index (χ2v) is 11.2. The zero-order valence-electron chi connectivity index (χ0n) is 11.6. The van der Waals surface area contributed by atoms with E-state index < -0.39 is 8.32 Å². The van der Waals surface area contributed by atoms with Crippen LogP contribution in [0.1, 0.15) is 46.5 Å². The highest BCUT2D eigenvalue weighted by Gasteiger charge is 2.36. The number of hydrogen-bond acceptors (Lipinski definition) is 2. The zero-order chi connectivity index (χ0) is 12.2. The molecule has 1 saturated heterocycles. The van der Waals surface area contributed by atoms with Crippen LogP contribution in [0, 0.1) is 0 Å². The molecule has 2 nitrogen and oxygen atoms in total. The summed E-state index contributed by atoms with van der Waals surface area (Å²) in [7, 11) is -1.50. The van der Waals surface area contributed by atoms with Crippen molar-refractivity contribution in [2.75, 3.05) is 13.2 Å². The van der Waals surface area contributed by atoms with E-state index in [1.165, 1.54) is 25.7 Å². The van der Waals surface area contributed by atoms with Gasteiger partial charge in [-0.15, -0.1) is 0 Å². The van der Waals surface area contributed by atoms with Crippen molar-refractivity contribution in [1.82, 2.24) is 0 Å². The number of epoxide rings is 1. The summed E-state index contributed by atoms with van der Waals surface area (Å²) in [6.45, 7) is 13.5. The molecule has 0 saturated carbocycles. The molecular weight excluding hydrogens is 216 g/mol. The van der Waals surface area contributed by atoms with E-state index in [9.17, 15) is 0 Å². The number of hydrogen-bond donors (Lipinski definition) is 0. The number of ether oxygens (including phenoxy) is 1. The Labute approximate surface area is 102 Å². The predicted octanol–water partition coefficient (Wildman–Crippen LogP) is 3.97. The highest BCUT2D eigenvalue weighted by Crippen LogP contribution is 2.36. The fraction of sp³-hybridized carbons (Fsp3) is 1.00. The molecule has 1 aliphatic heterocycles. The fourth-order valence-electron chi connectivity index (χ4n) is 1.43. The van der Waals surface area contributed by atoms with Gasteiger partial charge in [0.05, 0.1) is 12.7 Å². The van der Waals surface area contributed by atoms with Gasteiger partial charge in [-0.1, -0.05) is 33.6 Å². The molecule has 3 heteroatoms. The molecule has 1 rings (SSSR count). The summed E-state index contributed by atoms with van der Waals surface area (Å²) >= 11 is 0. The zero-order valence-corrected chi connectivity index (χ0v) is 12.6. The molecule has 0 bridgehead atoms. The Morgan fingerprint density at radius 1 is 1.19 bits per heavy atom. The van der Waals surface area contributed by atoms with Crippen molar-refractivity contribution in [3.8, 4) is 0 Å². The van der Waals surface area contributed by atoms with E-state index in [-0.39, 0.29) is 0 Å². The van der Waals surface area contributed by atoms with E-state index in [0.29, 0.717) is 11.1 Å². The van der Waals surface area contributed by atoms with Crippen LogP contribution in [0.25, 0.3) is 0 Å². The molecule has 96 valence electrons. The molecule has 0 aromatic heterocycles. The quantitative estimate of drug-likeness (QED) is 0.384. The van der Waals surface area contributed by atoms with Gasteiger partial charge >= 0.3 is 0 Å². The van der Waals surface area contributed by atoms with Crippen molar-refractivity contribution >= 4 is 8.32 Å². The largest absolute Gasteiger partial charge is 0.417 e. The smallest absolute Gasteiger partial charge is 0.191 e. The number of unbranched alkanes of at least 4 members (excludes halogenated alkanes) is 2. The van der Waals surface area contributed by atoms with Gasteiger partial charge in [-0.05, 0) is 31.0 Å². The van der Waals surface area contributed by atoms with Gasteiger partial charge in [-0.3, -0.25) is 0 Å². The van der Waals surface area contributed by atoms with Gasteiger partial charge in [0.25, 0.3) is 0 Å².